The van der Waals surface area contributed by atoms with Crippen LogP contribution in [0.1, 0.15) is 18.4 Å². The molecule has 1 heteroatoms. The Bertz CT molecular complexity index is 296. The van der Waals surface area contributed by atoms with E-state index in [1.807, 2.05) is 24.3 Å². The molecule has 1 saturated carbocycles. The van der Waals surface area contributed by atoms with Gasteiger partial charge in [0.25, 0.3) is 0 Å². The lowest BCUT2D eigenvalue weighted by molar-refractivity contribution is 0.343. The van der Waals surface area contributed by atoms with E-state index in [1.54, 1.807) is 0 Å². The van der Waals surface area contributed by atoms with Crippen LogP contribution in [0.5, 0.6) is 0 Å². The summed E-state index contributed by atoms with van der Waals surface area (Å²) in [7, 11) is 0. The van der Waals surface area contributed by atoms with E-state index in [0.717, 1.165) is 0 Å². The second-order valence-corrected chi connectivity index (χ2v) is 3.48. The van der Waals surface area contributed by atoms with E-state index < -0.39 is 0 Å². The first-order chi connectivity index (χ1) is 6.42. The Labute approximate surface area is 78.7 Å². The molecule has 1 N–H and O–H groups in total. The van der Waals surface area contributed by atoms with Gasteiger partial charge in [-0.25, -0.2) is 0 Å². The van der Waals surface area contributed by atoms with E-state index in [1.165, 1.54) is 24.0 Å². The molecular weight excluding hydrogens is 160 g/mol. The van der Waals surface area contributed by atoms with Crippen molar-refractivity contribution in [3.05, 3.63) is 42.0 Å². The third kappa shape index (κ3) is 1.99. The summed E-state index contributed by atoms with van der Waals surface area (Å²) in [5.41, 5.74) is 2.59. The number of allylic oxidation sites excluding steroid dienone is 1. The van der Waals surface area contributed by atoms with E-state index in [4.69, 9.17) is 5.11 Å². The molecule has 0 saturated heterocycles. The SMILES string of the molecule is OC/C=C(/c1ccccc1)C1CC1. The number of hydrogen-bond donors (Lipinski definition) is 1. The van der Waals surface area contributed by atoms with Gasteiger partial charge in [0.05, 0.1) is 6.61 Å². The fourth-order valence-corrected chi connectivity index (χ4v) is 1.64. The quantitative estimate of drug-likeness (QED) is 0.746. The lowest BCUT2D eigenvalue weighted by Gasteiger charge is -2.04. The summed E-state index contributed by atoms with van der Waals surface area (Å²) in [5, 5.41) is 8.90. The fraction of sp³-hybridized carbons (Fsp3) is 0.333. The highest BCUT2D eigenvalue weighted by molar-refractivity contribution is 5.69. The standard InChI is InChI=1S/C12H14O/c13-9-8-12(11-6-7-11)10-4-2-1-3-5-10/h1-5,8,11,13H,6-7,9H2/b12-8-. The molecular formula is C12H14O. The molecule has 1 aliphatic carbocycles. The minimum atomic E-state index is 0.153. The van der Waals surface area contributed by atoms with E-state index >= 15 is 0 Å². The lowest BCUT2D eigenvalue weighted by atomic mass is 10.0. The Balaban J connectivity index is 2.25. The van der Waals surface area contributed by atoms with Crippen molar-refractivity contribution in [2.45, 2.75) is 12.8 Å². The van der Waals surface area contributed by atoms with Crippen molar-refractivity contribution >= 4 is 5.57 Å². The van der Waals surface area contributed by atoms with Crippen molar-refractivity contribution in [2.75, 3.05) is 6.61 Å². The predicted molar refractivity (Wildman–Crippen MR) is 54.2 cm³/mol. The second kappa shape index (κ2) is 3.75. The van der Waals surface area contributed by atoms with Gasteiger partial charge < -0.3 is 5.11 Å². The summed E-state index contributed by atoms with van der Waals surface area (Å²) in [6.45, 7) is 0.153. The van der Waals surface area contributed by atoms with Gasteiger partial charge in [-0.15, -0.1) is 0 Å². The molecule has 0 atom stereocenters. The van der Waals surface area contributed by atoms with E-state index in [0.29, 0.717) is 5.92 Å². The maximum Gasteiger partial charge on any atom is 0.0618 e. The van der Waals surface area contributed by atoms with Crippen molar-refractivity contribution in [1.29, 1.82) is 0 Å². The highest BCUT2D eigenvalue weighted by Gasteiger charge is 2.26. The van der Waals surface area contributed by atoms with Gasteiger partial charge in [-0.05, 0) is 29.9 Å². The molecule has 0 heterocycles. The van der Waals surface area contributed by atoms with Gasteiger partial charge in [-0.3, -0.25) is 0 Å². The molecule has 13 heavy (non-hydrogen) atoms. The van der Waals surface area contributed by atoms with Crippen molar-refractivity contribution < 1.29 is 5.11 Å². The molecule has 1 aromatic carbocycles. The summed E-state index contributed by atoms with van der Waals surface area (Å²) in [6, 6.07) is 10.3. The van der Waals surface area contributed by atoms with Crippen LogP contribution in [0.2, 0.25) is 0 Å². The Morgan fingerprint density at radius 1 is 1.31 bits per heavy atom. The maximum atomic E-state index is 8.90. The van der Waals surface area contributed by atoms with Crippen molar-refractivity contribution in [1.82, 2.24) is 0 Å². The van der Waals surface area contributed by atoms with Crippen LogP contribution in [-0.4, -0.2) is 11.7 Å². The van der Waals surface area contributed by atoms with Crippen LogP contribution in [0.15, 0.2) is 36.4 Å². The minimum Gasteiger partial charge on any atom is -0.392 e. The smallest absolute Gasteiger partial charge is 0.0618 e. The van der Waals surface area contributed by atoms with Crippen LogP contribution in [0, 0.1) is 5.92 Å². The third-order valence-electron chi connectivity index (χ3n) is 2.44. The third-order valence-corrected chi connectivity index (χ3v) is 2.44. The zero-order chi connectivity index (χ0) is 9.10. The molecule has 0 unspecified atom stereocenters. The summed E-state index contributed by atoms with van der Waals surface area (Å²) < 4.78 is 0. The molecule has 0 radical (unpaired) electrons. The number of aliphatic hydroxyl groups excluding tert-OH is 1. The highest BCUT2D eigenvalue weighted by Crippen LogP contribution is 2.41. The number of rotatable bonds is 3. The summed E-state index contributed by atoms with van der Waals surface area (Å²) in [6.07, 6.45) is 4.49. The van der Waals surface area contributed by atoms with Crippen molar-refractivity contribution in [3.8, 4) is 0 Å². The van der Waals surface area contributed by atoms with E-state index in [2.05, 4.69) is 12.1 Å². The van der Waals surface area contributed by atoms with Crippen LogP contribution in [0.3, 0.4) is 0 Å². The fourth-order valence-electron chi connectivity index (χ4n) is 1.64. The highest BCUT2D eigenvalue weighted by atomic mass is 16.2. The van der Waals surface area contributed by atoms with Crippen LogP contribution in [0.4, 0.5) is 0 Å². The Kier molecular flexibility index (Phi) is 2.46. The second-order valence-electron chi connectivity index (χ2n) is 3.48. The molecule has 0 amide bonds. The van der Waals surface area contributed by atoms with Crippen LogP contribution in [-0.2, 0) is 0 Å². The summed E-state index contributed by atoms with van der Waals surface area (Å²) in [5.74, 6) is 0.703. The molecule has 0 aliphatic heterocycles. The predicted octanol–water partition coefficient (Wildman–Crippen LogP) is 2.47. The van der Waals surface area contributed by atoms with Crippen LogP contribution < -0.4 is 0 Å². The summed E-state index contributed by atoms with van der Waals surface area (Å²) >= 11 is 0. The topological polar surface area (TPSA) is 20.2 Å². The molecule has 1 aromatic rings. The number of hydrogen-bond acceptors (Lipinski definition) is 1. The molecule has 1 aliphatic rings. The largest absolute Gasteiger partial charge is 0.392 e. The maximum absolute atomic E-state index is 8.90. The Morgan fingerprint density at radius 2 is 2.00 bits per heavy atom. The molecule has 0 aromatic heterocycles. The van der Waals surface area contributed by atoms with Crippen LogP contribution >= 0.6 is 0 Å². The number of aliphatic hydroxyl groups is 1. The van der Waals surface area contributed by atoms with Gasteiger partial charge in [0, 0.05) is 0 Å². The zero-order valence-corrected chi connectivity index (χ0v) is 7.61. The summed E-state index contributed by atoms with van der Waals surface area (Å²) in [4.78, 5) is 0. The van der Waals surface area contributed by atoms with Crippen LogP contribution in [0.25, 0.3) is 5.57 Å². The monoisotopic (exact) mass is 174 g/mol. The van der Waals surface area contributed by atoms with Gasteiger partial charge in [0.15, 0.2) is 0 Å². The molecule has 2 rings (SSSR count). The molecule has 1 nitrogen and oxygen atoms in total. The zero-order valence-electron chi connectivity index (χ0n) is 7.61. The van der Waals surface area contributed by atoms with E-state index in [9.17, 15) is 0 Å². The average molecular weight is 174 g/mol. The normalized spacial score (nSPS) is 17.5. The minimum absolute atomic E-state index is 0.153. The van der Waals surface area contributed by atoms with Gasteiger partial charge >= 0.3 is 0 Å². The average Bonchev–Trinajstić information content (AvgIpc) is 2.99. The van der Waals surface area contributed by atoms with Gasteiger partial charge in [-0.2, -0.15) is 0 Å². The first-order valence-electron chi connectivity index (χ1n) is 4.78. The van der Waals surface area contributed by atoms with E-state index in [-0.39, 0.29) is 6.61 Å². The van der Waals surface area contributed by atoms with Gasteiger partial charge in [0.1, 0.15) is 0 Å². The van der Waals surface area contributed by atoms with Gasteiger partial charge in [0.2, 0.25) is 0 Å². The molecule has 0 spiro atoms. The first kappa shape index (κ1) is 8.52. The Hall–Kier alpha value is -1.08. The lowest BCUT2D eigenvalue weighted by Crippen LogP contribution is -1.88. The molecule has 1 fully saturated rings. The van der Waals surface area contributed by atoms with Crippen molar-refractivity contribution in [2.24, 2.45) is 5.92 Å². The first-order valence-corrected chi connectivity index (χ1v) is 4.78. The molecule has 68 valence electrons. The number of benzene rings is 1. The van der Waals surface area contributed by atoms with Gasteiger partial charge in [-0.1, -0.05) is 36.4 Å². The van der Waals surface area contributed by atoms with Crippen molar-refractivity contribution in [3.63, 3.8) is 0 Å². The molecule has 0 bridgehead atoms. The Morgan fingerprint density at radius 3 is 2.54 bits per heavy atom.